The number of hydrogen-bond donors (Lipinski definition) is 2. The van der Waals surface area contributed by atoms with Crippen LogP contribution in [0.2, 0.25) is 0 Å². The molecule has 1 heterocycles. The Morgan fingerprint density at radius 1 is 1.37 bits per heavy atom. The molecule has 0 saturated heterocycles. The molecule has 0 spiro atoms. The Balaban J connectivity index is 2.09. The van der Waals surface area contributed by atoms with Crippen molar-refractivity contribution in [2.24, 2.45) is 17.8 Å². The van der Waals surface area contributed by atoms with Gasteiger partial charge < -0.3 is 10.4 Å². The van der Waals surface area contributed by atoms with Gasteiger partial charge in [-0.2, -0.15) is 4.39 Å². The number of halogens is 1. The number of nitrogens with one attached hydrogen (secondary N) is 1. The molecule has 1 aromatic heterocycles. The molecular formula is C13H15FN2O3. The van der Waals surface area contributed by atoms with Crippen molar-refractivity contribution < 1.29 is 19.1 Å². The third-order valence-corrected chi connectivity index (χ3v) is 3.42. The van der Waals surface area contributed by atoms with Gasteiger partial charge in [0.2, 0.25) is 11.9 Å². The Morgan fingerprint density at radius 2 is 2.05 bits per heavy atom. The van der Waals surface area contributed by atoms with Gasteiger partial charge in [-0.15, -0.1) is 0 Å². The van der Waals surface area contributed by atoms with Gasteiger partial charge in [0.25, 0.3) is 0 Å². The first-order chi connectivity index (χ1) is 8.97. The van der Waals surface area contributed by atoms with Crippen LogP contribution < -0.4 is 5.32 Å². The average Bonchev–Trinajstić information content (AvgIpc) is 2.71. The smallest absolute Gasteiger partial charge is 0.307 e. The second-order valence-corrected chi connectivity index (χ2v) is 4.96. The fraction of sp³-hybridized carbons (Fsp3) is 0.462. The van der Waals surface area contributed by atoms with Gasteiger partial charge in [-0.05, 0) is 30.9 Å². The highest BCUT2D eigenvalue weighted by Gasteiger charge is 2.41. The van der Waals surface area contributed by atoms with Crippen LogP contribution in [0.4, 0.5) is 10.2 Å². The predicted molar refractivity (Wildman–Crippen MR) is 65.8 cm³/mol. The largest absolute Gasteiger partial charge is 0.481 e. The molecule has 5 nitrogen and oxygen atoms in total. The van der Waals surface area contributed by atoms with Crippen molar-refractivity contribution in [1.82, 2.24) is 4.98 Å². The highest BCUT2D eigenvalue weighted by atomic mass is 19.1. The van der Waals surface area contributed by atoms with Gasteiger partial charge in [0, 0.05) is 0 Å². The summed E-state index contributed by atoms with van der Waals surface area (Å²) in [6, 6.07) is 4.08. The minimum Gasteiger partial charge on any atom is -0.481 e. The molecule has 19 heavy (non-hydrogen) atoms. The molecule has 1 fully saturated rings. The zero-order valence-electron chi connectivity index (χ0n) is 10.5. The van der Waals surface area contributed by atoms with Crippen molar-refractivity contribution in [3.05, 3.63) is 24.1 Å². The monoisotopic (exact) mass is 266 g/mol. The number of carbonyl (C=O) groups is 2. The summed E-state index contributed by atoms with van der Waals surface area (Å²) in [4.78, 5) is 26.7. The van der Waals surface area contributed by atoms with E-state index in [1.807, 2.05) is 6.92 Å². The first-order valence-electron chi connectivity index (χ1n) is 6.13. The van der Waals surface area contributed by atoms with Gasteiger partial charge in [0.1, 0.15) is 5.82 Å². The molecular weight excluding hydrogens is 251 g/mol. The highest BCUT2D eigenvalue weighted by molar-refractivity contribution is 5.94. The Bertz CT molecular complexity index is 506. The van der Waals surface area contributed by atoms with E-state index in [0.29, 0.717) is 12.8 Å². The van der Waals surface area contributed by atoms with E-state index in [1.54, 1.807) is 0 Å². The first kappa shape index (κ1) is 13.5. The number of aromatic nitrogens is 1. The summed E-state index contributed by atoms with van der Waals surface area (Å²) in [5, 5.41) is 11.6. The molecule has 1 unspecified atom stereocenters. The third-order valence-electron chi connectivity index (χ3n) is 3.42. The van der Waals surface area contributed by atoms with Gasteiger partial charge in [-0.1, -0.05) is 13.0 Å². The average molecular weight is 266 g/mol. The zero-order valence-corrected chi connectivity index (χ0v) is 10.5. The van der Waals surface area contributed by atoms with Crippen molar-refractivity contribution in [1.29, 1.82) is 0 Å². The summed E-state index contributed by atoms with van der Waals surface area (Å²) >= 11 is 0. The summed E-state index contributed by atoms with van der Waals surface area (Å²) in [7, 11) is 0. The lowest BCUT2D eigenvalue weighted by Gasteiger charge is -2.15. The van der Waals surface area contributed by atoms with E-state index in [-0.39, 0.29) is 11.7 Å². The van der Waals surface area contributed by atoms with E-state index in [9.17, 15) is 14.0 Å². The number of amides is 1. The van der Waals surface area contributed by atoms with Crippen LogP contribution in [0.25, 0.3) is 0 Å². The lowest BCUT2D eigenvalue weighted by atomic mass is 9.95. The van der Waals surface area contributed by atoms with Gasteiger partial charge >= 0.3 is 5.97 Å². The molecule has 6 heteroatoms. The number of hydrogen-bond acceptors (Lipinski definition) is 3. The van der Waals surface area contributed by atoms with E-state index >= 15 is 0 Å². The second-order valence-electron chi connectivity index (χ2n) is 4.96. The summed E-state index contributed by atoms with van der Waals surface area (Å²) in [6.07, 6.45) is 1.02. The molecule has 3 atom stereocenters. The molecule has 2 rings (SSSR count). The highest BCUT2D eigenvalue weighted by Crippen LogP contribution is 2.37. The number of carboxylic acid groups (broad SMARTS) is 1. The SMILES string of the molecule is CC1C[C@H](C(=O)Nc2cccc(F)n2)[C@H](C(=O)O)C1. The molecule has 0 aliphatic heterocycles. The number of nitrogens with zero attached hydrogens (tertiary/aromatic N) is 1. The maximum atomic E-state index is 12.9. The number of pyridine rings is 1. The van der Waals surface area contributed by atoms with Crippen LogP contribution in [0.15, 0.2) is 18.2 Å². The van der Waals surface area contributed by atoms with Crippen molar-refractivity contribution in [3.63, 3.8) is 0 Å². The minimum absolute atomic E-state index is 0.105. The van der Waals surface area contributed by atoms with Crippen LogP contribution >= 0.6 is 0 Å². The maximum absolute atomic E-state index is 12.9. The molecule has 0 radical (unpaired) electrons. The van der Waals surface area contributed by atoms with E-state index in [2.05, 4.69) is 10.3 Å². The van der Waals surface area contributed by atoms with Gasteiger partial charge in [0.05, 0.1) is 11.8 Å². The van der Waals surface area contributed by atoms with Crippen LogP contribution in [-0.2, 0) is 9.59 Å². The normalized spacial score (nSPS) is 26.1. The lowest BCUT2D eigenvalue weighted by molar-refractivity contribution is -0.145. The molecule has 1 aromatic rings. The molecule has 0 aromatic carbocycles. The Labute approximate surface area is 109 Å². The van der Waals surface area contributed by atoms with Gasteiger partial charge in [0.15, 0.2) is 0 Å². The summed E-state index contributed by atoms with van der Waals surface area (Å²) in [5.74, 6) is -3.02. The van der Waals surface area contributed by atoms with Crippen molar-refractivity contribution >= 4 is 17.7 Å². The van der Waals surface area contributed by atoms with E-state index in [0.717, 1.165) is 0 Å². The Kier molecular flexibility index (Phi) is 3.78. The Hall–Kier alpha value is -1.98. The standard InChI is InChI=1S/C13H15FN2O3/c1-7-5-8(9(6-7)13(18)19)12(17)16-11-4-2-3-10(14)15-11/h2-4,7-9H,5-6H2,1H3,(H,18,19)(H,15,16,17)/t7?,8-,9+/m0/s1. The molecule has 1 amide bonds. The summed E-state index contributed by atoms with van der Waals surface area (Å²) in [5.41, 5.74) is 0. The van der Waals surface area contributed by atoms with E-state index in [1.165, 1.54) is 18.2 Å². The maximum Gasteiger partial charge on any atom is 0.307 e. The fourth-order valence-corrected chi connectivity index (χ4v) is 2.55. The number of carbonyl (C=O) groups excluding carboxylic acids is 1. The van der Waals surface area contributed by atoms with Gasteiger partial charge in [-0.3, -0.25) is 9.59 Å². The molecule has 1 saturated carbocycles. The number of aliphatic carboxylic acids is 1. The van der Waals surface area contributed by atoms with E-state index < -0.39 is 29.7 Å². The zero-order chi connectivity index (χ0) is 14.0. The minimum atomic E-state index is -0.961. The summed E-state index contributed by atoms with van der Waals surface area (Å²) < 4.78 is 12.9. The third kappa shape index (κ3) is 3.07. The van der Waals surface area contributed by atoms with Crippen LogP contribution in [0.5, 0.6) is 0 Å². The van der Waals surface area contributed by atoms with Crippen LogP contribution in [0, 0.1) is 23.7 Å². The molecule has 0 bridgehead atoms. The Morgan fingerprint density at radius 3 is 2.68 bits per heavy atom. The number of anilines is 1. The van der Waals surface area contributed by atoms with Crippen molar-refractivity contribution in [2.45, 2.75) is 19.8 Å². The lowest BCUT2D eigenvalue weighted by Crippen LogP contribution is -2.30. The molecule has 1 aliphatic carbocycles. The quantitative estimate of drug-likeness (QED) is 0.819. The molecule has 102 valence electrons. The van der Waals surface area contributed by atoms with Crippen molar-refractivity contribution in [2.75, 3.05) is 5.32 Å². The van der Waals surface area contributed by atoms with E-state index in [4.69, 9.17) is 5.11 Å². The molecule has 2 N–H and O–H groups in total. The fourth-order valence-electron chi connectivity index (χ4n) is 2.55. The number of carboxylic acids is 1. The predicted octanol–water partition coefficient (Wildman–Crippen LogP) is 1.91. The summed E-state index contributed by atoms with van der Waals surface area (Å²) in [6.45, 7) is 1.92. The van der Waals surface area contributed by atoms with Crippen LogP contribution in [-0.4, -0.2) is 22.0 Å². The second kappa shape index (κ2) is 5.34. The van der Waals surface area contributed by atoms with Crippen LogP contribution in [0.1, 0.15) is 19.8 Å². The molecule has 1 aliphatic rings. The topological polar surface area (TPSA) is 79.3 Å². The van der Waals surface area contributed by atoms with Crippen LogP contribution in [0.3, 0.4) is 0 Å². The first-order valence-corrected chi connectivity index (χ1v) is 6.13. The van der Waals surface area contributed by atoms with Gasteiger partial charge in [-0.25, -0.2) is 4.98 Å². The van der Waals surface area contributed by atoms with Crippen molar-refractivity contribution in [3.8, 4) is 0 Å². The number of rotatable bonds is 3.